The molecule has 1 fully saturated rings. The quantitative estimate of drug-likeness (QED) is 0.936. The van der Waals surface area contributed by atoms with Crippen molar-refractivity contribution >= 4 is 33.3 Å². The van der Waals surface area contributed by atoms with E-state index in [0.29, 0.717) is 32.1 Å². The minimum absolute atomic E-state index is 0.0839. The lowest BCUT2D eigenvalue weighted by Gasteiger charge is -2.29. The minimum Gasteiger partial charge on any atom is -0.378 e. The molecule has 1 aliphatic rings. The van der Waals surface area contributed by atoms with Crippen LogP contribution >= 0.6 is 11.3 Å². The monoisotopic (exact) mass is 320 g/mol. The second-order valence-electron chi connectivity index (χ2n) is 5.52. The fourth-order valence-electron chi connectivity index (χ4n) is 2.62. The lowest BCUT2D eigenvalue weighted by Crippen LogP contribution is -2.47. The first kappa shape index (κ1) is 15.2. The molecule has 1 atom stereocenters. The Morgan fingerprint density at radius 1 is 1.36 bits per heavy atom. The number of thiophene rings is 1. The number of anilines is 1. The van der Waals surface area contributed by atoms with Crippen molar-refractivity contribution in [3.05, 3.63) is 16.8 Å². The van der Waals surface area contributed by atoms with Crippen LogP contribution in [0.1, 0.15) is 18.3 Å². The molecule has 22 heavy (non-hydrogen) atoms. The molecule has 2 aromatic rings. The van der Waals surface area contributed by atoms with Gasteiger partial charge in [-0.25, -0.2) is 9.97 Å². The third-order valence-electron chi connectivity index (χ3n) is 3.78. The van der Waals surface area contributed by atoms with Crippen LogP contribution in [0.15, 0.2) is 5.38 Å². The zero-order valence-electron chi connectivity index (χ0n) is 13.0. The van der Waals surface area contributed by atoms with Gasteiger partial charge in [-0.15, -0.1) is 11.3 Å². The van der Waals surface area contributed by atoms with E-state index >= 15 is 0 Å². The lowest BCUT2D eigenvalue weighted by molar-refractivity contribution is -0.135. The number of fused-ring (bicyclic) bond motifs is 1. The number of ether oxygens (including phenoxy) is 1. The molecule has 6 nitrogen and oxygen atoms in total. The summed E-state index contributed by atoms with van der Waals surface area (Å²) in [4.78, 5) is 24.3. The summed E-state index contributed by atoms with van der Waals surface area (Å²) in [6.07, 6.45) is 0. The van der Waals surface area contributed by atoms with Crippen molar-refractivity contribution in [2.24, 2.45) is 0 Å². The highest BCUT2D eigenvalue weighted by Crippen LogP contribution is 2.29. The topological polar surface area (TPSA) is 67.4 Å². The van der Waals surface area contributed by atoms with E-state index < -0.39 is 0 Å². The van der Waals surface area contributed by atoms with Crippen LogP contribution in [0.5, 0.6) is 0 Å². The summed E-state index contributed by atoms with van der Waals surface area (Å²) < 4.78 is 5.29. The van der Waals surface area contributed by atoms with Crippen molar-refractivity contribution in [3.8, 4) is 0 Å². The Labute approximate surface area is 133 Å². The highest BCUT2D eigenvalue weighted by atomic mass is 32.1. The maximum Gasteiger partial charge on any atom is 0.244 e. The van der Waals surface area contributed by atoms with Crippen molar-refractivity contribution in [2.45, 2.75) is 26.8 Å². The number of carbonyl (C=O) groups is 1. The van der Waals surface area contributed by atoms with Crippen LogP contribution in [-0.4, -0.2) is 53.1 Å². The third-order valence-corrected chi connectivity index (χ3v) is 4.77. The van der Waals surface area contributed by atoms with Gasteiger partial charge >= 0.3 is 0 Å². The van der Waals surface area contributed by atoms with Crippen molar-refractivity contribution in [2.75, 3.05) is 31.6 Å². The van der Waals surface area contributed by atoms with Crippen LogP contribution < -0.4 is 5.32 Å². The van der Waals surface area contributed by atoms with Crippen LogP contribution in [0.25, 0.3) is 10.2 Å². The summed E-state index contributed by atoms with van der Waals surface area (Å²) in [5.74, 6) is 1.54. The van der Waals surface area contributed by atoms with Gasteiger partial charge in [-0.05, 0) is 31.7 Å². The first-order chi connectivity index (χ1) is 10.6. The van der Waals surface area contributed by atoms with E-state index in [-0.39, 0.29) is 11.9 Å². The van der Waals surface area contributed by atoms with Crippen molar-refractivity contribution < 1.29 is 9.53 Å². The minimum atomic E-state index is -0.324. The van der Waals surface area contributed by atoms with Crippen molar-refractivity contribution in [3.63, 3.8) is 0 Å². The number of aromatic nitrogens is 2. The van der Waals surface area contributed by atoms with Crippen LogP contribution in [-0.2, 0) is 9.53 Å². The number of hydrogen-bond acceptors (Lipinski definition) is 6. The Morgan fingerprint density at radius 2 is 2.09 bits per heavy atom. The van der Waals surface area contributed by atoms with E-state index in [9.17, 15) is 4.79 Å². The molecular formula is C15H20N4O2S. The van der Waals surface area contributed by atoms with Gasteiger partial charge < -0.3 is 15.0 Å². The summed E-state index contributed by atoms with van der Waals surface area (Å²) in [5, 5.41) is 6.35. The highest BCUT2D eigenvalue weighted by molar-refractivity contribution is 7.17. The molecule has 0 unspecified atom stereocenters. The molecule has 0 saturated carbocycles. The number of carbonyl (C=O) groups excluding carboxylic acids is 1. The SMILES string of the molecule is Cc1nc(N[C@@H](C)C(=O)N2CCOCC2)c2c(C)csc2n1. The summed E-state index contributed by atoms with van der Waals surface area (Å²) in [7, 11) is 0. The number of morpholine rings is 1. The predicted octanol–water partition coefficient (Wildman–Crippen LogP) is 1.97. The Morgan fingerprint density at radius 3 is 2.82 bits per heavy atom. The summed E-state index contributed by atoms with van der Waals surface area (Å²) in [5.41, 5.74) is 1.13. The average molecular weight is 320 g/mol. The van der Waals surface area contributed by atoms with Crippen LogP contribution in [0, 0.1) is 13.8 Å². The largest absolute Gasteiger partial charge is 0.378 e. The third kappa shape index (κ3) is 2.91. The van der Waals surface area contributed by atoms with Gasteiger partial charge in [0.25, 0.3) is 0 Å². The molecule has 0 spiro atoms. The molecule has 0 aliphatic carbocycles. The second-order valence-corrected chi connectivity index (χ2v) is 6.38. The molecule has 0 radical (unpaired) electrons. The molecule has 3 heterocycles. The molecule has 7 heteroatoms. The maximum absolute atomic E-state index is 12.5. The summed E-state index contributed by atoms with van der Waals surface area (Å²) in [6.45, 7) is 8.31. The lowest BCUT2D eigenvalue weighted by atomic mass is 10.2. The Kier molecular flexibility index (Phi) is 4.26. The van der Waals surface area contributed by atoms with Crippen molar-refractivity contribution in [1.82, 2.24) is 14.9 Å². The number of nitrogens with one attached hydrogen (secondary N) is 1. The van der Waals surface area contributed by atoms with Crippen LogP contribution in [0.3, 0.4) is 0 Å². The van der Waals surface area contributed by atoms with E-state index in [2.05, 4.69) is 20.7 Å². The van der Waals surface area contributed by atoms with Gasteiger partial charge in [0.05, 0.1) is 18.6 Å². The fraction of sp³-hybridized carbons (Fsp3) is 0.533. The first-order valence-corrected chi connectivity index (χ1v) is 8.29. The number of nitrogens with zero attached hydrogens (tertiary/aromatic N) is 3. The standard InChI is InChI=1S/C15H20N4O2S/c1-9-8-22-14-12(9)13(17-11(3)18-14)16-10(2)15(20)19-4-6-21-7-5-19/h8,10H,4-7H2,1-3H3,(H,16,17,18)/t10-/m0/s1. The first-order valence-electron chi connectivity index (χ1n) is 7.42. The summed E-state index contributed by atoms with van der Waals surface area (Å²) >= 11 is 1.60. The van der Waals surface area contributed by atoms with Gasteiger partial charge in [-0.2, -0.15) is 0 Å². The Balaban J connectivity index is 1.82. The second kappa shape index (κ2) is 6.18. The van der Waals surface area contributed by atoms with Gasteiger partial charge in [0.15, 0.2) is 0 Å². The van der Waals surface area contributed by atoms with E-state index in [0.717, 1.165) is 21.6 Å². The highest BCUT2D eigenvalue weighted by Gasteiger charge is 2.23. The molecular weight excluding hydrogens is 300 g/mol. The van der Waals surface area contributed by atoms with Crippen molar-refractivity contribution in [1.29, 1.82) is 0 Å². The van der Waals surface area contributed by atoms with E-state index in [1.165, 1.54) is 0 Å². The van der Waals surface area contributed by atoms with Gasteiger partial charge in [0.1, 0.15) is 22.5 Å². The fourth-order valence-corrected chi connectivity index (χ4v) is 3.59. The number of rotatable bonds is 3. The average Bonchev–Trinajstić information content (AvgIpc) is 2.88. The molecule has 2 aromatic heterocycles. The summed E-state index contributed by atoms with van der Waals surface area (Å²) in [6, 6.07) is -0.324. The number of aryl methyl sites for hydroxylation is 2. The molecule has 0 bridgehead atoms. The van der Waals surface area contributed by atoms with Gasteiger partial charge in [-0.1, -0.05) is 0 Å². The molecule has 3 rings (SSSR count). The smallest absolute Gasteiger partial charge is 0.244 e. The van der Waals surface area contributed by atoms with Gasteiger partial charge in [0.2, 0.25) is 5.91 Å². The van der Waals surface area contributed by atoms with Gasteiger partial charge in [0, 0.05) is 13.1 Å². The molecule has 1 amide bonds. The van der Waals surface area contributed by atoms with Crippen LogP contribution in [0.2, 0.25) is 0 Å². The molecule has 0 aromatic carbocycles. The van der Waals surface area contributed by atoms with Gasteiger partial charge in [-0.3, -0.25) is 4.79 Å². The number of hydrogen-bond donors (Lipinski definition) is 1. The van der Waals surface area contributed by atoms with E-state index in [1.807, 2.05) is 25.7 Å². The maximum atomic E-state index is 12.5. The number of amides is 1. The van der Waals surface area contributed by atoms with Crippen LogP contribution in [0.4, 0.5) is 5.82 Å². The van der Waals surface area contributed by atoms with E-state index in [1.54, 1.807) is 11.3 Å². The van der Waals surface area contributed by atoms with E-state index in [4.69, 9.17) is 4.74 Å². The Hall–Kier alpha value is -1.73. The predicted molar refractivity (Wildman–Crippen MR) is 87.4 cm³/mol. The molecule has 1 N–H and O–H groups in total. The zero-order chi connectivity index (χ0) is 15.7. The zero-order valence-corrected chi connectivity index (χ0v) is 13.9. The Bertz CT molecular complexity index is 694. The molecule has 1 saturated heterocycles. The molecule has 1 aliphatic heterocycles. The molecule has 118 valence electrons. The normalized spacial score (nSPS) is 16.8.